The fourth-order valence-corrected chi connectivity index (χ4v) is 2.50. The van der Waals surface area contributed by atoms with E-state index in [4.69, 9.17) is 4.74 Å². The second-order valence-electron chi connectivity index (χ2n) is 5.99. The van der Waals surface area contributed by atoms with Crippen LogP contribution in [0.25, 0.3) is 0 Å². The van der Waals surface area contributed by atoms with Crippen LogP contribution in [-0.2, 0) is 32.1 Å². The predicted molar refractivity (Wildman–Crippen MR) is 100.0 cm³/mol. The first-order valence-corrected chi connectivity index (χ1v) is 8.69. The van der Waals surface area contributed by atoms with Crippen molar-refractivity contribution in [3.63, 3.8) is 0 Å². The third-order valence-corrected chi connectivity index (χ3v) is 3.98. The van der Waals surface area contributed by atoms with Crippen LogP contribution >= 0.6 is 0 Å². The van der Waals surface area contributed by atoms with E-state index in [-0.39, 0.29) is 25.2 Å². The average Bonchev–Trinajstić information content (AvgIpc) is 2.71. The molecule has 0 spiro atoms. The molecule has 1 atom stereocenters. The average molecular weight is 369 g/mol. The number of carbonyl (C=O) groups is 3. The molecule has 2 rings (SSSR count). The molecule has 6 nitrogen and oxygen atoms in total. The number of Topliss-reactive ketones (excluding diaryl/α,β-unsaturated/α-hetero) is 1. The minimum atomic E-state index is -0.777. The van der Waals surface area contributed by atoms with E-state index in [9.17, 15) is 14.4 Å². The Hall–Kier alpha value is -3.15. The van der Waals surface area contributed by atoms with Crippen molar-refractivity contribution in [2.45, 2.75) is 31.9 Å². The lowest BCUT2D eigenvalue weighted by Gasteiger charge is -2.18. The van der Waals surface area contributed by atoms with Crippen molar-refractivity contribution in [1.82, 2.24) is 5.32 Å². The highest BCUT2D eigenvalue weighted by molar-refractivity contribution is 5.89. The largest absolute Gasteiger partial charge is 0.469 e. The van der Waals surface area contributed by atoms with Crippen LogP contribution in [0.15, 0.2) is 60.7 Å². The topological polar surface area (TPSA) is 81.7 Å². The summed E-state index contributed by atoms with van der Waals surface area (Å²) in [5, 5.41) is 2.61. The van der Waals surface area contributed by atoms with Crippen molar-refractivity contribution >= 4 is 17.8 Å². The number of hydrogen-bond donors (Lipinski definition) is 1. The Morgan fingerprint density at radius 1 is 0.889 bits per heavy atom. The molecule has 0 saturated carbocycles. The van der Waals surface area contributed by atoms with E-state index in [1.165, 1.54) is 7.11 Å². The van der Waals surface area contributed by atoms with Crippen LogP contribution in [0.2, 0.25) is 0 Å². The first-order chi connectivity index (χ1) is 13.1. The monoisotopic (exact) mass is 369 g/mol. The molecule has 0 aliphatic carbocycles. The van der Waals surface area contributed by atoms with Gasteiger partial charge in [-0.2, -0.15) is 0 Å². The van der Waals surface area contributed by atoms with Gasteiger partial charge in [-0.1, -0.05) is 60.7 Å². The number of ketones is 1. The standard InChI is InChI=1S/C21H23NO5/c1-26-20(24)13-12-19(23)18(14-16-8-4-2-5-9-16)22-21(25)27-15-17-10-6-3-7-11-17/h2-11,18H,12-15H2,1H3,(H,22,25). The third-order valence-electron chi connectivity index (χ3n) is 3.98. The van der Waals surface area contributed by atoms with Gasteiger partial charge in [-0.15, -0.1) is 0 Å². The van der Waals surface area contributed by atoms with Gasteiger partial charge in [0.1, 0.15) is 6.61 Å². The predicted octanol–water partition coefficient (Wildman–Crippen LogP) is 3.05. The molecule has 142 valence electrons. The molecule has 0 heterocycles. The van der Waals surface area contributed by atoms with Gasteiger partial charge in [0.15, 0.2) is 5.78 Å². The van der Waals surface area contributed by atoms with Gasteiger partial charge in [0.05, 0.1) is 19.6 Å². The summed E-state index contributed by atoms with van der Waals surface area (Å²) >= 11 is 0. The zero-order valence-corrected chi connectivity index (χ0v) is 15.2. The SMILES string of the molecule is COC(=O)CCC(=O)C(Cc1ccccc1)NC(=O)OCc1ccccc1. The van der Waals surface area contributed by atoms with Gasteiger partial charge in [0.25, 0.3) is 0 Å². The smallest absolute Gasteiger partial charge is 0.408 e. The van der Waals surface area contributed by atoms with Crippen LogP contribution in [0.1, 0.15) is 24.0 Å². The van der Waals surface area contributed by atoms with Crippen LogP contribution in [0, 0.1) is 0 Å². The van der Waals surface area contributed by atoms with E-state index in [1.54, 1.807) is 0 Å². The first-order valence-electron chi connectivity index (χ1n) is 8.69. The Morgan fingerprint density at radius 3 is 2.07 bits per heavy atom. The molecule has 0 aliphatic heterocycles. The fourth-order valence-electron chi connectivity index (χ4n) is 2.50. The molecule has 2 aromatic rings. The van der Waals surface area contributed by atoms with E-state index < -0.39 is 18.1 Å². The van der Waals surface area contributed by atoms with Gasteiger partial charge in [0, 0.05) is 6.42 Å². The van der Waals surface area contributed by atoms with E-state index in [1.807, 2.05) is 60.7 Å². The molecule has 1 amide bonds. The van der Waals surface area contributed by atoms with E-state index in [2.05, 4.69) is 10.1 Å². The fraction of sp³-hybridized carbons (Fsp3) is 0.286. The number of ether oxygens (including phenoxy) is 2. The van der Waals surface area contributed by atoms with Crippen molar-refractivity contribution in [2.75, 3.05) is 7.11 Å². The zero-order valence-electron chi connectivity index (χ0n) is 15.2. The van der Waals surface area contributed by atoms with Crippen LogP contribution < -0.4 is 5.32 Å². The zero-order chi connectivity index (χ0) is 19.5. The third kappa shape index (κ3) is 7.32. The van der Waals surface area contributed by atoms with Gasteiger partial charge in [0.2, 0.25) is 0 Å². The maximum Gasteiger partial charge on any atom is 0.408 e. The maximum absolute atomic E-state index is 12.5. The molecule has 27 heavy (non-hydrogen) atoms. The lowest BCUT2D eigenvalue weighted by Crippen LogP contribution is -2.42. The molecule has 6 heteroatoms. The molecule has 0 aliphatic rings. The van der Waals surface area contributed by atoms with Crippen molar-refractivity contribution in [3.05, 3.63) is 71.8 Å². The Kier molecular flexibility index (Phi) is 8.03. The number of amides is 1. The van der Waals surface area contributed by atoms with Crippen molar-refractivity contribution in [1.29, 1.82) is 0 Å². The molecule has 2 aromatic carbocycles. The molecule has 1 N–H and O–H groups in total. The van der Waals surface area contributed by atoms with Crippen LogP contribution in [0.3, 0.4) is 0 Å². The highest BCUT2D eigenvalue weighted by Gasteiger charge is 2.22. The number of nitrogens with one attached hydrogen (secondary N) is 1. The van der Waals surface area contributed by atoms with Crippen molar-refractivity contribution in [3.8, 4) is 0 Å². The number of alkyl carbamates (subject to hydrolysis) is 1. The summed E-state index contributed by atoms with van der Waals surface area (Å²) in [6, 6.07) is 17.8. The number of hydrogen-bond acceptors (Lipinski definition) is 5. The normalized spacial score (nSPS) is 11.3. The molecule has 1 unspecified atom stereocenters. The number of benzene rings is 2. The van der Waals surface area contributed by atoms with Gasteiger partial charge in [-0.05, 0) is 17.5 Å². The number of methoxy groups -OCH3 is 1. The molecule has 0 saturated heterocycles. The van der Waals surface area contributed by atoms with Gasteiger partial charge < -0.3 is 14.8 Å². The highest BCUT2D eigenvalue weighted by Crippen LogP contribution is 2.08. The first kappa shape index (κ1) is 20.2. The minimum absolute atomic E-state index is 0.0108. The Bertz CT molecular complexity index is 746. The Labute approximate surface area is 158 Å². The Balaban J connectivity index is 1.96. The number of esters is 1. The van der Waals surface area contributed by atoms with Gasteiger partial charge in [-0.3, -0.25) is 9.59 Å². The van der Waals surface area contributed by atoms with E-state index in [0.29, 0.717) is 6.42 Å². The number of carbonyl (C=O) groups excluding carboxylic acids is 3. The minimum Gasteiger partial charge on any atom is -0.469 e. The highest BCUT2D eigenvalue weighted by atomic mass is 16.5. The van der Waals surface area contributed by atoms with Crippen LogP contribution in [-0.4, -0.2) is 31.0 Å². The summed E-state index contributed by atoms with van der Waals surface area (Å²) in [7, 11) is 1.27. The second kappa shape index (κ2) is 10.8. The molecule has 0 aromatic heterocycles. The van der Waals surface area contributed by atoms with Crippen molar-refractivity contribution in [2.24, 2.45) is 0 Å². The lowest BCUT2D eigenvalue weighted by atomic mass is 10.00. The van der Waals surface area contributed by atoms with Gasteiger partial charge >= 0.3 is 12.1 Å². The molecule has 0 bridgehead atoms. The van der Waals surface area contributed by atoms with Crippen molar-refractivity contribution < 1.29 is 23.9 Å². The molecular weight excluding hydrogens is 346 g/mol. The molecule has 0 radical (unpaired) electrons. The van der Waals surface area contributed by atoms with E-state index in [0.717, 1.165) is 11.1 Å². The van der Waals surface area contributed by atoms with E-state index >= 15 is 0 Å². The summed E-state index contributed by atoms with van der Waals surface area (Å²) in [6.45, 7) is 0.112. The quantitative estimate of drug-likeness (QED) is 0.687. The lowest BCUT2D eigenvalue weighted by molar-refractivity contribution is -0.142. The molecular formula is C21H23NO5. The van der Waals surface area contributed by atoms with Crippen LogP contribution in [0.5, 0.6) is 0 Å². The Morgan fingerprint density at radius 2 is 1.48 bits per heavy atom. The summed E-state index contributed by atoms with van der Waals surface area (Å²) < 4.78 is 9.76. The second-order valence-corrected chi connectivity index (χ2v) is 5.99. The summed E-state index contributed by atoms with van der Waals surface area (Å²) in [5.41, 5.74) is 1.75. The summed E-state index contributed by atoms with van der Waals surface area (Å²) in [6.07, 6.45) is -0.391. The number of rotatable bonds is 9. The van der Waals surface area contributed by atoms with Gasteiger partial charge in [-0.25, -0.2) is 4.79 Å². The summed E-state index contributed by atoms with van der Waals surface area (Å²) in [4.78, 5) is 35.9. The maximum atomic E-state index is 12.5. The van der Waals surface area contributed by atoms with Crippen LogP contribution in [0.4, 0.5) is 4.79 Å². The molecule has 0 fully saturated rings. The summed E-state index contributed by atoms with van der Waals surface area (Å²) in [5.74, 6) is -0.714.